The molecule has 2 heterocycles. The van der Waals surface area contributed by atoms with Gasteiger partial charge in [0.1, 0.15) is 12.4 Å². The summed E-state index contributed by atoms with van der Waals surface area (Å²) in [6, 6.07) is 17.4. The van der Waals surface area contributed by atoms with E-state index in [0.29, 0.717) is 17.3 Å². The van der Waals surface area contributed by atoms with Crippen molar-refractivity contribution in [1.29, 1.82) is 0 Å². The number of ether oxygens (including phenoxy) is 2. The Hall–Kier alpha value is -2.70. The Balaban J connectivity index is 1.30. The lowest BCUT2D eigenvalue weighted by atomic mass is 10.1. The van der Waals surface area contributed by atoms with Crippen LogP contribution in [0.5, 0.6) is 5.75 Å². The summed E-state index contributed by atoms with van der Waals surface area (Å²) in [6.45, 7) is 1.37. The van der Waals surface area contributed by atoms with Crippen LogP contribution in [-0.4, -0.2) is 30.2 Å². The molecular weight excluding hydrogens is 372 g/mol. The molecule has 0 saturated carbocycles. The molecule has 1 fully saturated rings. The van der Waals surface area contributed by atoms with E-state index in [1.807, 2.05) is 36.5 Å². The summed E-state index contributed by atoms with van der Waals surface area (Å²) in [5, 5.41) is 3.47. The van der Waals surface area contributed by atoms with Crippen molar-refractivity contribution in [3.05, 3.63) is 76.8 Å². The molecule has 4 rings (SSSR count). The third-order valence-electron chi connectivity index (χ3n) is 4.57. The zero-order valence-corrected chi connectivity index (χ0v) is 16.3. The molecule has 1 aliphatic heterocycles. The highest BCUT2D eigenvalue weighted by Gasteiger charge is 2.16. The summed E-state index contributed by atoms with van der Waals surface area (Å²) in [6.07, 6.45) is 4.94. The molecule has 6 heteroatoms. The van der Waals surface area contributed by atoms with Crippen molar-refractivity contribution in [1.82, 2.24) is 4.98 Å². The molecule has 1 aromatic heterocycles. The Morgan fingerprint density at radius 1 is 1.18 bits per heavy atom. The molecule has 1 atom stereocenters. The SMILES string of the molecule is O=C(Nc1ncc(Cc2ccccc2)s1)c1ccc(OCC2CCCO2)cc1. The molecule has 1 unspecified atom stereocenters. The van der Waals surface area contributed by atoms with Gasteiger partial charge in [0.15, 0.2) is 5.13 Å². The van der Waals surface area contributed by atoms with E-state index in [9.17, 15) is 4.79 Å². The van der Waals surface area contributed by atoms with E-state index in [1.165, 1.54) is 16.9 Å². The van der Waals surface area contributed by atoms with Crippen LogP contribution in [0.4, 0.5) is 5.13 Å². The lowest BCUT2D eigenvalue weighted by Gasteiger charge is -2.11. The van der Waals surface area contributed by atoms with Gasteiger partial charge >= 0.3 is 0 Å². The molecule has 0 spiro atoms. The van der Waals surface area contributed by atoms with Gasteiger partial charge in [-0.25, -0.2) is 4.98 Å². The second-order valence-corrected chi connectivity index (χ2v) is 7.83. The molecule has 1 saturated heterocycles. The predicted octanol–water partition coefficient (Wildman–Crippen LogP) is 4.54. The fraction of sp³-hybridized carbons (Fsp3) is 0.273. The quantitative estimate of drug-likeness (QED) is 0.639. The monoisotopic (exact) mass is 394 g/mol. The number of hydrogen-bond donors (Lipinski definition) is 1. The second-order valence-electron chi connectivity index (χ2n) is 6.72. The second kappa shape index (κ2) is 8.99. The average Bonchev–Trinajstić information content (AvgIpc) is 3.40. The van der Waals surface area contributed by atoms with E-state index < -0.39 is 0 Å². The van der Waals surface area contributed by atoms with Gasteiger partial charge in [0.2, 0.25) is 0 Å². The zero-order chi connectivity index (χ0) is 19.2. The Morgan fingerprint density at radius 2 is 2.00 bits per heavy atom. The van der Waals surface area contributed by atoms with E-state index in [0.717, 1.165) is 36.5 Å². The Bertz CT molecular complexity index is 903. The maximum absolute atomic E-state index is 12.5. The molecule has 2 aromatic carbocycles. The minimum atomic E-state index is -0.175. The molecule has 144 valence electrons. The highest BCUT2D eigenvalue weighted by Crippen LogP contribution is 2.22. The summed E-state index contributed by atoms with van der Waals surface area (Å²) in [7, 11) is 0. The van der Waals surface area contributed by atoms with Crippen molar-refractivity contribution < 1.29 is 14.3 Å². The lowest BCUT2D eigenvalue weighted by Crippen LogP contribution is -2.16. The van der Waals surface area contributed by atoms with Gasteiger partial charge < -0.3 is 9.47 Å². The van der Waals surface area contributed by atoms with Crippen LogP contribution in [0.1, 0.15) is 33.6 Å². The largest absolute Gasteiger partial charge is 0.491 e. The number of aromatic nitrogens is 1. The van der Waals surface area contributed by atoms with Gasteiger partial charge in [0.25, 0.3) is 5.91 Å². The van der Waals surface area contributed by atoms with Gasteiger partial charge in [-0.3, -0.25) is 10.1 Å². The predicted molar refractivity (Wildman–Crippen MR) is 110 cm³/mol. The lowest BCUT2D eigenvalue weighted by molar-refractivity contribution is 0.0679. The Morgan fingerprint density at radius 3 is 2.75 bits per heavy atom. The van der Waals surface area contributed by atoms with Crippen molar-refractivity contribution in [2.45, 2.75) is 25.4 Å². The van der Waals surface area contributed by atoms with Crippen LogP contribution in [0.2, 0.25) is 0 Å². The van der Waals surface area contributed by atoms with E-state index in [4.69, 9.17) is 9.47 Å². The average molecular weight is 394 g/mol. The first-order valence-electron chi connectivity index (χ1n) is 9.41. The third-order valence-corrected chi connectivity index (χ3v) is 5.48. The smallest absolute Gasteiger partial charge is 0.257 e. The normalized spacial score (nSPS) is 16.1. The van der Waals surface area contributed by atoms with E-state index in [-0.39, 0.29) is 12.0 Å². The van der Waals surface area contributed by atoms with Crippen LogP contribution in [0.3, 0.4) is 0 Å². The number of carbonyl (C=O) groups is 1. The van der Waals surface area contributed by atoms with Crippen LogP contribution >= 0.6 is 11.3 Å². The number of carbonyl (C=O) groups excluding carboxylic acids is 1. The topological polar surface area (TPSA) is 60.5 Å². The van der Waals surface area contributed by atoms with E-state index >= 15 is 0 Å². The maximum Gasteiger partial charge on any atom is 0.257 e. The van der Waals surface area contributed by atoms with Gasteiger partial charge in [-0.2, -0.15) is 0 Å². The highest BCUT2D eigenvalue weighted by atomic mass is 32.1. The first kappa shape index (κ1) is 18.7. The number of rotatable bonds is 7. The van der Waals surface area contributed by atoms with Crippen LogP contribution < -0.4 is 10.1 Å². The minimum absolute atomic E-state index is 0.175. The fourth-order valence-corrected chi connectivity index (χ4v) is 3.92. The molecule has 1 N–H and O–H groups in total. The first-order valence-corrected chi connectivity index (χ1v) is 10.2. The third kappa shape index (κ3) is 4.97. The van der Waals surface area contributed by atoms with Crippen molar-refractivity contribution >= 4 is 22.4 Å². The van der Waals surface area contributed by atoms with Crippen molar-refractivity contribution in [3.63, 3.8) is 0 Å². The van der Waals surface area contributed by atoms with Crippen LogP contribution in [0.15, 0.2) is 60.8 Å². The zero-order valence-electron chi connectivity index (χ0n) is 15.5. The summed E-state index contributed by atoms with van der Waals surface area (Å²) in [4.78, 5) is 17.9. The van der Waals surface area contributed by atoms with Gasteiger partial charge in [-0.15, -0.1) is 11.3 Å². The number of nitrogens with zero attached hydrogens (tertiary/aromatic N) is 1. The molecular formula is C22H22N2O3S. The van der Waals surface area contributed by atoms with Crippen molar-refractivity contribution in [2.75, 3.05) is 18.5 Å². The Labute approximate surface area is 168 Å². The van der Waals surface area contributed by atoms with Gasteiger partial charge in [-0.05, 0) is 42.7 Å². The number of amides is 1. The Kier molecular flexibility index (Phi) is 5.99. The number of anilines is 1. The molecule has 1 aliphatic rings. The number of thiazole rings is 1. The maximum atomic E-state index is 12.5. The van der Waals surface area contributed by atoms with E-state index in [2.05, 4.69) is 22.4 Å². The van der Waals surface area contributed by atoms with Crippen LogP contribution in [0.25, 0.3) is 0 Å². The standard InChI is InChI=1S/C22H22N2O3S/c25-21(17-8-10-18(11-9-17)27-15-19-7-4-12-26-19)24-22-23-14-20(28-22)13-16-5-2-1-3-6-16/h1-3,5-6,8-11,14,19H,4,7,12-13,15H2,(H,23,24,25). The molecule has 0 radical (unpaired) electrons. The van der Waals surface area contributed by atoms with Crippen LogP contribution in [0, 0.1) is 0 Å². The first-order chi connectivity index (χ1) is 13.8. The van der Waals surface area contributed by atoms with Crippen molar-refractivity contribution in [3.8, 4) is 5.75 Å². The summed E-state index contributed by atoms with van der Waals surface area (Å²) in [5.74, 6) is 0.567. The minimum Gasteiger partial charge on any atom is -0.491 e. The number of nitrogens with one attached hydrogen (secondary N) is 1. The molecule has 1 amide bonds. The molecule has 3 aromatic rings. The highest BCUT2D eigenvalue weighted by molar-refractivity contribution is 7.15. The molecule has 28 heavy (non-hydrogen) atoms. The number of hydrogen-bond acceptors (Lipinski definition) is 5. The molecule has 0 aliphatic carbocycles. The van der Waals surface area contributed by atoms with Gasteiger partial charge in [0.05, 0.1) is 6.10 Å². The number of benzene rings is 2. The van der Waals surface area contributed by atoms with E-state index in [1.54, 1.807) is 12.1 Å². The summed E-state index contributed by atoms with van der Waals surface area (Å²) in [5.41, 5.74) is 1.80. The summed E-state index contributed by atoms with van der Waals surface area (Å²) < 4.78 is 11.3. The molecule has 5 nitrogen and oxygen atoms in total. The molecule has 0 bridgehead atoms. The fourth-order valence-electron chi connectivity index (χ4n) is 3.08. The summed E-state index contributed by atoms with van der Waals surface area (Å²) >= 11 is 1.49. The van der Waals surface area contributed by atoms with Crippen molar-refractivity contribution in [2.24, 2.45) is 0 Å². The van der Waals surface area contributed by atoms with Gasteiger partial charge in [-0.1, -0.05) is 30.3 Å². The van der Waals surface area contributed by atoms with Crippen LogP contribution in [-0.2, 0) is 11.2 Å². The van der Waals surface area contributed by atoms with Gasteiger partial charge in [0, 0.05) is 29.7 Å².